The molecule has 0 saturated carbocycles. The molecule has 0 aliphatic carbocycles. The van der Waals surface area contributed by atoms with Gasteiger partial charge in [0.1, 0.15) is 0 Å². The normalized spacial score (nSPS) is 18.9. The van der Waals surface area contributed by atoms with Gasteiger partial charge < -0.3 is 10.2 Å². The van der Waals surface area contributed by atoms with Crippen LogP contribution in [0.3, 0.4) is 0 Å². The summed E-state index contributed by atoms with van der Waals surface area (Å²) in [6, 6.07) is 5.96. The quantitative estimate of drug-likeness (QED) is 0.599. The highest BCUT2D eigenvalue weighted by atomic mass is 19.4. The Hall–Kier alpha value is -4.01. The zero-order valence-electron chi connectivity index (χ0n) is 18.0. The molecule has 2 heterocycles. The summed E-state index contributed by atoms with van der Waals surface area (Å²) in [5.41, 5.74) is -3.27. The number of urea groups is 1. The molecule has 1 N–H and O–H groups in total. The number of halogens is 6. The van der Waals surface area contributed by atoms with Crippen LogP contribution >= 0.6 is 0 Å². The minimum absolute atomic E-state index is 0.00499. The Morgan fingerprint density at radius 3 is 2.37 bits per heavy atom. The van der Waals surface area contributed by atoms with Crippen molar-refractivity contribution in [3.63, 3.8) is 0 Å². The van der Waals surface area contributed by atoms with Crippen LogP contribution in [0.25, 0.3) is 0 Å². The van der Waals surface area contributed by atoms with Gasteiger partial charge in [0.05, 0.1) is 40.1 Å². The number of likely N-dealkylation sites (N-methyl/N-ethyl adjacent to an activating group) is 1. The molecule has 3 amide bonds. The van der Waals surface area contributed by atoms with Gasteiger partial charge in [0.15, 0.2) is 0 Å². The van der Waals surface area contributed by atoms with Gasteiger partial charge in [0.2, 0.25) is 0 Å². The second-order valence-electron chi connectivity index (χ2n) is 7.96. The Bertz CT molecular complexity index is 1290. The fourth-order valence-electron chi connectivity index (χ4n) is 4.31. The maximum atomic E-state index is 13.9. The Labute approximate surface area is 195 Å². The van der Waals surface area contributed by atoms with Gasteiger partial charge in [-0.25, -0.2) is 4.79 Å². The van der Waals surface area contributed by atoms with Gasteiger partial charge in [0, 0.05) is 25.7 Å². The highest BCUT2D eigenvalue weighted by Crippen LogP contribution is 2.45. The van der Waals surface area contributed by atoms with Gasteiger partial charge in [-0.1, -0.05) is 12.1 Å². The van der Waals surface area contributed by atoms with Crippen molar-refractivity contribution in [3.8, 4) is 6.07 Å². The van der Waals surface area contributed by atoms with Crippen molar-refractivity contribution in [2.45, 2.75) is 24.8 Å². The molecule has 6 nitrogen and oxygen atoms in total. The molecule has 2 aliphatic heterocycles. The first-order valence-corrected chi connectivity index (χ1v) is 10.2. The zero-order chi connectivity index (χ0) is 25.7. The number of carbonyl (C=O) groups excluding carboxylic acids is 2. The Morgan fingerprint density at radius 1 is 1.03 bits per heavy atom. The molecule has 0 bridgehead atoms. The number of nitriles is 1. The number of nitrogens with one attached hydrogen (secondary N) is 1. The monoisotopic (exact) mass is 494 g/mol. The van der Waals surface area contributed by atoms with Crippen molar-refractivity contribution in [3.05, 3.63) is 76.0 Å². The van der Waals surface area contributed by atoms with Crippen molar-refractivity contribution in [2.75, 3.05) is 18.5 Å². The van der Waals surface area contributed by atoms with Crippen LogP contribution in [0.4, 0.5) is 36.8 Å². The molecule has 2 aromatic rings. The van der Waals surface area contributed by atoms with Crippen LogP contribution in [0.2, 0.25) is 0 Å². The molecular weight excluding hydrogens is 478 g/mol. The van der Waals surface area contributed by atoms with Crippen molar-refractivity contribution in [2.24, 2.45) is 0 Å². The first-order chi connectivity index (χ1) is 16.3. The lowest BCUT2D eigenvalue weighted by Gasteiger charge is -2.44. The largest absolute Gasteiger partial charge is 0.416 e. The lowest BCUT2D eigenvalue weighted by Crippen LogP contribution is -2.53. The van der Waals surface area contributed by atoms with Crippen molar-refractivity contribution >= 4 is 17.6 Å². The fraction of sp³-hybridized carbons (Fsp3) is 0.261. The van der Waals surface area contributed by atoms with Gasteiger partial charge in [-0.15, -0.1) is 0 Å². The van der Waals surface area contributed by atoms with Crippen LogP contribution in [0.15, 0.2) is 53.7 Å². The fourth-order valence-corrected chi connectivity index (χ4v) is 4.31. The summed E-state index contributed by atoms with van der Waals surface area (Å²) in [5, 5.41) is 11.6. The van der Waals surface area contributed by atoms with E-state index in [1.807, 2.05) is 0 Å². The number of nitrogens with zero attached hydrogens (tertiary/aromatic N) is 3. The molecule has 182 valence electrons. The third-order valence-corrected chi connectivity index (χ3v) is 5.84. The maximum Gasteiger partial charge on any atom is 0.416 e. The smallest absolute Gasteiger partial charge is 0.352 e. The van der Waals surface area contributed by atoms with Gasteiger partial charge in [-0.3, -0.25) is 9.69 Å². The lowest BCUT2D eigenvalue weighted by atomic mass is 9.86. The Kier molecular flexibility index (Phi) is 5.75. The minimum atomic E-state index is -4.91. The van der Waals surface area contributed by atoms with E-state index in [0.717, 1.165) is 47.2 Å². The number of rotatable bonds is 2. The first-order valence-electron chi connectivity index (χ1n) is 10.2. The topological polar surface area (TPSA) is 76.4 Å². The summed E-state index contributed by atoms with van der Waals surface area (Å²) in [4.78, 5) is 28.1. The molecule has 0 aromatic heterocycles. The first kappa shape index (κ1) is 24.1. The van der Waals surface area contributed by atoms with Crippen LogP contribution in [0.1, 0.15) is 34.7 Å². The second kappa shape index (κ2) is 8.33. The molecule has 1 atom stereocenters. The summed E-state index contributed by atoms with van der Waals surface area (Å²) < 4.78 is 81.6. The molecule has 2 aliphatic rings. The van der Waals surface area contributed by atoms with E-state index in [4.69, 9.17) is 5.26 Å². The number of hydrogen-bond donors (Lipinski definition) is 1. The second-order valence-corrected chi connectivity index (χ2v) is 7.96. The van der Waals surface area contributed by atoms with Gasteiger partial charge in [-0.2, -0.15) is 31.6 Å². The molecule has 1 unspecified atom stereocenters. The summed E-state index contributed by atoms with van der Waals surface area (Å²) in [6.07, 6.45) is -9.60. The van der Waals surface area contributed by atoms with Gasteiger partial charge in [0.25, 0.3) is 5.91 Å². The van der Waals surface area contributed by atoms with Gasteiger partial charge in [-0.05, 0) is 35.9 Å². The average Bonchev–Trinajstić information content (AvgIpc) is 2.79. The summed E-state index contributed by atoms with van der Waals surface area (Å²) >= 11 is 0. The molecule has 12 heteroatoms. The molecule has 0 saturated heterocycles. The highest BCUT2D eigenvalue weighted by molar-refractivity contribution is 6.05. The van der Waals surface area contributed by atoms with E-state index in [2.05, 4.69) is 5.32 Å². The van der Waals surface area contributed by atoms with Crippen molar-refractivity contribution < 1.29 is 35.9 Å². The van der Waals surface area contributed by atoms with E-state index in [0.29, 0.717) is 6.07 Å². The standard InChI is InChI=1S/C23H16F6N4O2/c1-32-19(15-6-5-12(11-30)9-16(15)23(27,28)29)18-17(7-8-31-20(18)34)33(21(32)35)14-4-2-3-13(10-14)22(24,25)26/h2-6,9-10,19H,7-8H2,1H3,(H,31,34). The van der Waals surface area contributed by atoms with Crippen LogP contribution in [-0.4, -0.2) is 30.4 Å². The van der Waals surface area contributed by atoms with E-state index >= 15 is 0 Å². The van der Waals surface area contributed by atoms with E-state index in [1.165, 1.54) is 6.07 Å². The van der Waals surface area contributed by atoms with Crippen molar-refractivity contribution in [1.82, 2.24) is 10.2 Å². The number of hydrogen-bond acceptors (Lipinski definition) is 3. The third kappa shape index (κ3) is 4.18. The van der Waals surface area contributed by atoms with Crippen molar-refractivity contribution in [1.29, 1.82) is 5.26 Å². The number of alkyl halides is 6. The molecule has 0 radical (unpaired) electrons. The Balaban J connectivity index is 1.96. The number of carbonyl (C=O) groups is 2. The SMILES string of the molecule is CN1C(=O)N(c2cccc(C(F)(F)F)c2)C2=C(C(=O)NCC2)C1c1ccc(C#N)cc1C(F)(F)F. The number of benzene rings is 2. The average molecular weight is 494 g/mol. The highest BCUT2D eigenvalue weighted by Gasteiger charge is 2.46. The molecule has 2 aromatic carbocycles. The molecule has 0 fully saturated rings. The summed E-state index contributed by atoms with van der Waals surface area (Å²) in [7, 11) is 1.16. The number of amides is 3. The molecular formula is C23H16F6N4O2. The Morgan fingerprint density at radius 2 is 1.74 bits per heavy atom. The minimum Gasteiger partial charge on any atom is -0.352 e. The van der Waals surface area contributed by atoms with E-state index in [1.54, 1.807) is 6.07 Å². The van der Waals surface area contributed by atoms with Crippen LogP contribution in [-0.2, 0) is 17.1 Å². The van der Waals surface area contributed by atoms with E-state index in [9.17, 15) is 35.9 Å². The molecule has 35 heavy (non-hydrogen) atoms. The third-order valence-electron chi connectivity index (χ3n) is 5.84. The summed E-state index contributed by atoms with van der Waals surface area (Å²) in [5.74, 6) is -0.745. The molecule has 0 spiro atoms. The van der Waals surface area contributed by atoms with Crippen LogP contribution in [0.5, 0.6) is 0 Å². The van der Waals surface area contributed by atoms with E-state index in [-0.39, 0.29) is 35.5 Å². The lowest BCUT2D eigenvalue weighted by molar-refractivity contribution is -0.139. The zero-order valence-corrected chi connectivity index (χ0v) is 18.0. The maximum absolute atomic E-state index is 13.9. The van der Waals surface area contributed by atoms with E-state index < -0.39 is 47.0 Å². The number of anilines is 1. The molecule has 4 rings (SSSR count). The predicted molar refractivity (Wildman–Crippen MR) is 111 cm³/mol. The van der Waals surface area contributed by atoms with Crippen LogP contribution in [0, 0.1) is 11.3 Å². The van der Waals surface area contributed by atoms with Gasteiger partial charge >= 0.3 is 18.4 Å². The predicted octanol–water partition coefficient (Wildman–Crippen LogP) is 4.98. The van der Waals surface area contributed by atoms with Crippen LogP contribution < -0.4 is 10.2 Å². The summed E-state index contributed by atoms with van der Waals surface area (Å²) in [6.45, 7) is 0.0380.